The number of nitrogens with zero attached hydrogens (tertiary/aromatic N) is 4. The number of carbonyl (C=O) groups is 1. The van der Waals surface area contributed by atoms with Crippen LogP contribution in [0.2, 0.25) is 0 Å². The summed E-state index contributed by atoms with van der Waals surface area (Å²) in [5, 5.41) is 19.3. The molecule has 1 N–H and O–H groups in total. The molecule has 2 heterocycles. The standard InChI is InChI=1S/C14H12N4O2S/c1-8-16-17-14(18(8)2)21-12-7-10(13(19)20)9-5-3-4-6-11(9)15-12/h3-7H,1-2H3,(H,19,20). The lowest BCUT2D eigenvalue weighted by molar-refractivity contribution is 0.0698. The van der Waals surface area contributed by atoms with Gasteiger partial charge in [0, 0.05) is 12.4 Å². The molecule has 2 aromatic heterocycles. The molecule has 0 fully saturated rings. The zero-order valence-electron chi connectivity index (χ0n) is 11.4. The van der Waals surface area contributed by atoms with Crippen molar-refractivity contribution in [2.45, 2.75) is 17.1 Å². The summed E-state index contributed by atoms with van der Waals surface area (Å²) in [6, 6.07) is 8.76. The quantitative estimate of drug-likeness (QED) is 0.800. The predicted octanol–water partition coefficient (Wildman–Crippen LogP) is 2.52. The Morgan fingerprint density at radius 2 is 2.05 bits per heavy atom. The van der Waals surface area contributed by atoms with Gasteiger partial charge in [-0.05, 0) is 30.8 Å². The van der Waals surface area contributed by atoms with Crippen molar-refractivity contribution in [3.8, 4) is 0 Å². The van der Waals surface area contributed by atoms with Gasteiger partial charge in [0.25, 0.3) is 0 Å². The molecule has 0 atom stereocenters. The maximum absolute atomic E-state index is 11.4. The summed E-state index contributed by atoms with van der Waals surface area (Å²) >= 11 is 1.30. The predicted molar refractivity (Wildman–Crippen MR) is 78.6 cm³/mol. The third kappa shape index (κ3) is 2.47. The summed E-state index contributed by atoms with van der Waals surface area (Å²) in [4.78, 5) is 15.9. The van der Waals surface area contributed by atoms with E-state index in [0.29, 0.717) is 21.1 Å². The molecule has 0 saturated heterocycles. The second-order valence-electron chi connectivity index (χ2n) is 4.52. The van der Waals surface area contributed by atoms with Gasteiger partial charge in [-0.3, -0.25) is 0 Å². The van der Waals surface area contributed by atoms with Gasteiger partial charge < -0.3 is 9.67 Å². The number of pyridine rings is 1. The maximum Gasteiger partial charge on any atom is 0.336 e. The number of para-hydroxylation sites is 1. The number of aromatic carboxylic acids is 1. The van der Waals surface area contributed by atoms with E-state index in [1.54, 1.807) is 24.3 Å². The van der Waals surface area contributed by atoms with Crippen molar-refractivity contribution in [2.75, 3.05) is 0 Å². The molecule has 3 rings (SSSR count). The number of hydrogen-bond acceptors (Lipinski definition) is 5. The number of aromatic nitrogens is 4. The van der Waals surface area contributed by atoms with E-state index >= 15 is 0 Å². The lowest BCUT2D eigenvalue weighted by Crippen LogP contribution is -2.00. The van der Waals surface area contributed by atoms with Crippen molar-refractivity contribution in [3.63, 3.8) is 0 Å². The molecule has 0 spiro atoms. The Balaban J connectivity index is 2.11. The smallest absolute Gasteiger partial charge is 0.336 e. The number of hydrogen-bond donors (Lipinski definition) is 1. The summed E-state index contributed by atoms with van der Waals surface area (Å²) in [6.07, 6.45) is 0. The van der Waals surface area contributed by atoms with Gasteiger partial charge in [0.05, 0.1) is 11.1 Å². The second kappa shape index (κ2) is 5.17. The fourth-order valence-electron chi connectivity index (χ4n) is 1.95. The van der Waals surface area contributed by atoms with Crippen molar-refractivity contribution in [1.29, 1.82) is 0 Å². The highest BCUT2D eigenvalue weighted by Crippen LogP contribution is 2.28. The molecule has 0 aliphatic carbocycles. The molecule has 21 heavy (non-hydrogen) atoms. The van der Waals surface area contributed by atoms with Gasteiger partial charge in [-0.1, -0.05) is 18.2 Å². The third-order valence-corrected chi connectivity index (χ3v) is 4.13. The van der Waals surface area contributed by atoms with E-state index in [1.165, 1.54) is 11.8 Å². The Kier molecular flexibility index (Phi) is 3.34. The fraction of sp³-hybridized carbons (Fsp3) is 0.143. The van der Waals surface area contributed by atoms with Crippen LogP contribution in [-0.4, -0.2) is 30.8 Å². The summed E-state index contributed by atoms with van der Waals surface area (Å²) in [7, 11) is 1.86. The SMILES string of the molecule is Cc1nnc(Sc2cc(C(=O)O)c3ccccc3n2)n1C. The monoisotopic (exact) mass is 300 g/mol. The minimum atomic E-state index is -0.968. The Hall–Kier alpha value is -2.41. The first-order chi connectivity index (χ1) is 10.1. The Bertz CT molecular complexity index is 844. The van der Waals surface area contributed by atoms with Crippen molar-refractivity contribution in [3.05, 3.63) is 41.7 Å². The first-order valence-electron chi connectivity index (χ1n) is 6.23. The number of benzene rings is 1. The molecule has 0 amide bonds. The Labute approximate surface area is 124 Å². The van der Waals surface area contributed by atoms with Gasteiger partial charge in [0.2, 0.25) is 0 Å². The topological polar surface area (TPSA) is 80.9 Å². The van der Waals surface area contributed by atoms with E-state index in [9.17, 15) is 9.90 Å². The summed E-state index contributed by atoms with van der Waals surface area (Å²) in [5.74, 6) is -0.179. The first-order valence-corrected chi connectivity index (χ1v) is 7.05. The molecule has 6 nitrogen and oxygen atoms in total. The fourth-order valence-corrected chi connectivity index (χ4v) is 2.81. The van der Waals surface area contributed by atoms with Crippen LogP contribution in [0.5, 0.6) is 0 Å². The molecule has 0 radical (unpaired) electrons. The molecule has 3 aromatic rings. The molecular formula is C14H12N4O2S. The summed E-state index contributed by atoms with van der Waals surface area (Å²) in [5.41, 5.74) is 0.890. The van der Waals surface area contributed by atoms with Crippen molar-refractivity contribution < 1.29 is 9.90 Å². The number of rotatable bonds is 3. The van der Waals surface area contributed by atoms with E-state index in [2.05, 4.69) is 15.2 Å². The van der Waals surface area contributed by atoms with Crippen LogP contribution in [0.25, 0.3) is 10.9 Å². The third-order valence-electron chi connectivity index (χ3n) is 3.17. The number of carboxylic acids is 1. The lowest BCUT2D eigenvalue weighted by Gasteiger charge is -2.06. The minimum absolute atomic E-state index is 0.238. The van der Waals surface area contributed by atoms with Crippen LogP contribution in [0.1, 0.15) is 16.2 Å². The molecule has 7 heteroatoms. The molecular weight excluding hydrogens is 288 g/mol. The van der Waals surface area contributed by atoms with Gasteiger partial charge in [-0.25, -0.2) is 9.78 Å². The van der Waals surface area contributed by atoms with E-state index < -0.39 is 5.97 Å². The molecule has 106 valence electrons. The van der Waals surface area contributed by atoms with Crippen LogP contribution in [0, 0.1) is 6.92 Å². The van der Waals surface area contributed by atoms with Crippen molar-refractivity contribution in [1.82, 2.24) is 19.7 Å². The van der Waals surface area contributed by atoms with Crippen molar-refractivity contribution >= 4 is 28.6 Å². The second-order valence-corrected chi connectivity index (χ2v) is 5.51. The van der Waals surface area contributed by atoms with Gasteiger partial charge in [-0.15, -0.1) is 10.2 Å². The molecule has 1 aromatic carbocycles. The van der Waals surface area contributed by atoms with E-state index in [1.807, 2.05) is 24.6 Å². The molecule has 0 unspecified atom stereocenters. The van der Waals surface area contributed by atoms with E-state index in [-0.39, 0.29) is 5.56 Å². The normalized spacial score (nSPS) is 11.0. The zero-order valence-corrected chi connectivity index (χ0v) is 12.3. The van der Waals surface area contributed by atoms with Gasteiger partial charge in [-0.2, -0.15) is 0 Å². The van der Waals surface area contributed by atoms with Gasteiger partial charge >= 0.3 is 5.97 Å². The van der Waals surface area contributed by atoms with E-state index in [0.717, 1.165) is 5.82 Å². The van der Waals surface area contributed by atoms with Crippen LogP contribution in [0.4, 0.5) is 0 Å². The zero-order chi connectivity index (χ0) is 15.0. The summed E-state index contributed by atoms with van der Waals surface area (Å²) < 4.78 is 1.84. The highest BCUT2D eigenvalue weighted by molar-refractivity contribution is 7.99. The van der Waals surface area contributed by atoms with Crippen LogP contribution in [0.15, 0.2) is 40.5 Å². The van der Waals surface area contributed by atoms with Crippen LogP contribution in [-0.2, 0) is 7.05 Å². The average molecular weight is 300 g/mol. The van der Waals surface area contributed by atoms with Gasteiger partial charge in [0.15, 0.2) is 5.16 Å². The van der Waals surface area contributed by atoms with Crippen LogP contribution in [0.3, 0.4) is 0 Å². The van der Waals surface area contributed by atoms with Crippen molar-refractivity contribution in [2.24, 2.45) is 7.05 Å². The number of carboxylic acid groups (broad SMARTS) is 1. The number of aryl methyl sites for hydroxylation is 1. The first kappa shape index (κ1) is 13.6. The highest BCUT2D eigenvalue weighted by Gasteiger charge is 2.14. The minimum Gasteiger partial charge on any atom is -0.478 e. The summed E-state index contributed by atoms with van der Waals surface area (Å²) in [6.45, 7) is 1.85. The number of fused-ring (bicyclic) bond motifs is 1. The largest absolute Gasteiger partial charge is 0.478 e. The average Bonchev–Trinajstić information content (AvgIpc) is 2.78. The molecule has 0 aliphatic heterocycles. The lowest BCUT2D eigenvalue weighted by atomic mass is 10.1. The van der Waals surface area contributed by atoms with Gasteiger partial charge in [0.1, 0.15) is 10.9 Å². The molecule has 0 saturated carbocycles. The van der Waals surface area contributed by atoms with E-state index in [4.69, 9.17) is 0 Å². The Morgan fingerprint density at radius 3 is 2.71 bits per heavy atom. The Morgan fingerprint density at radius 1 is 1.29 bits per heavy atom. The van der Waals surface area contributed by atoms with Crippen LogP contribution >= 0.6 is 11.8 Å². The molecule has 0 aliphatic rings. The highest BCUT2D eigenvalue weighted by atomic mass is 32.2. The molecule has 0 bridgehead atoms. The maximum atomic E-state index is 11.4. The van der Waals surface area contributed by atoms with Crippen LogP contribution < -0.4 is 0 Å².